The highest BCUT2D eigenvalue weighted by Crippen LogP contribution is 2.17. The van der Waals surface area contributed by atoms with Gasteiger partial charge in [-0.2, -0.15) is 0 Å². The van der Waals surface area contributed by atoms with Crippen LogP contribution in [0.2, 0.25) is 0 Å². The van der Waals surface area contributed by atoms with Crippen LogP contribution in [0.25, 0.3) is 0 Å². The zero-order valence-electron chi connectivity index (χ0n) is 10.9. The van der Waals surface area contributed by atoms with Gasteiger partial charge >= 0.3 is 0 Å². The van der Waals surface area contributed by atoms with E-state index < -0.39 is 0 Å². The second-order valence-corrected chi connectivity index (χ2v) is 4.55. The fourth-order valence-electron chi connectivity index (χ4n) is 1.92. The highest BCUT2D eigenvalue weighted by Gasteiger charge is 2.05. The van der Waals surface area contributed by atoms with Crippen LogP contribution in [0.1, 0.15) is 17.5 Å². The van der Waals surface area contributed by atoms with Gasteiger partial charge in [0.25, 0.3) is 0 Å². The average Bonchev–Trinajstić information content (AvgIpc) is 2.38. The Bertz CT molecular complexity index is 578. The monoisotopic (exact) mass is 255 g/mol. The highest BCUT2D eigenvalue weighted by molar-refractivity contribution is 5.90. The van der Waals surface area contributed by atoms with Crippen LogP contribution >= 0.6 is 0 Å². The minimum atomic E-state index is -0.0474. The minimum Gasteiger partial charge on any atom is -0.508 e. The summed E-state index contributed by atoms with van der Waals surface area (Å²) >= 11 is 0. The molecule has 0 aliphatic carbocycles. The van der Waals surface area contributed by atoms with E-state index in [9.17, 15) is 9.90 Å². The number of phenolic OH excluding ortho intramolecular Hbond substituents is 1. The second kappa shape index (κ2) is 6.05. The molecule has 0 aromatic heterocycles. The number of nitrogens with one attached hydrogen (secondary N) is 1. The first-order chi connectivity index (χ1) is 9.15. The van der Waals surface area contributed by atoms with Crippen molar-refractivity contribution in [2.24, 2.45) is 0 Å². The van der Waals surface area contributed by atoms with Gasteiger partial charge in [-0.05, 0) is 42.7 Å². The Morgan fingerprint density at radius 3 is 2.68 bits per heavy atom. The maximum absolute atomic E-state index is 11.8. The molecule has 3 nitrogen and oxygen atoms in total. The summed E-state index contributed by atoms with van der Waals surface area (Å²) in [4.78, 5) is 11.8. The maximum Gasteiger partial charge on any atom is 0.224 e. The van der Waals surface area contributed by atoms with E-state index in [1.54, 1.807) is 12.1 Å². The zero-order valence-corrected chi connectivity index (χ0v) is 10.9. The molecule has 0 heterocycles. The van der Waals surface area contributed by atoms with Gasteiger partial charge in [0, 0.05) is 12.1 Å². The number of carbonyl (C=O) groups excluding carboxylic acids is 1. The topological polar surface area (TPSA) is 49.3 Å². The third-order valence-corrected chi connectivity index (χ3v) is 2.91. The fourth-order valence-corrected chi connectivity index (χ4v) is 1.92. The van der Waals surface area contributed by atoms with Crippen LogP contribution in [0.3, 0.4) is 0 Å². The van der Waals surface area contributed by atoms with E-state index in [-0.39, 0.29) is 11.7 Å². The SMILES string of the molecule is Cc1cccc(NC(=O)CCc2ccccc2O)c1. The van der Waals surface area contributed by atoms with Gasteiger partial charge in [0.1, 0.15) is 5.75 Å². The van der Waals surface area contributed by atoms with Crippen LogP contribution in [-0.2, 0) is 11.2 Å². The molecule has 0 saturated carbocycles. The number of phenols is 1. The maximum atomic E-state index is 11.8. The van der Waals surface area contributed by atoms with Crippen molar-refractivity contribution in [3.05, 3.63) is 59.7 Å². The average molecular weight is 255 g/mol. The van der Waals surface area contributed by atoms with E-state index in [0.29, 0.717) is 12.8 Å². The molecule has 2 rings (SSSR count). The number of anilines is 1. The Balaban J connectivity index is 1.90. The molecule has 0 aliphatic heterocycles. The summed E-state index contributed by atoms with van der Waals surface area (Å²) in [6.45, 7) is 1.98. The standard InChI is InChI=1S/C16H17NO2/c1-12-5-4-7-14(11-12)17-16(19)10-9-13-6-2-3-8-15(13)18/h2-8,11,18H,9-10H2,1H3,(H,17,19). The molecule has 0 atom stereocenters. The molecule has 0 unspecified atom stereocenters. The van der Waals surface area contributed by atoms with E-state index in [1.807, 2.05) is 43.3 Å². The molecule has 1 amide bonds. The number of carbonyl (C=O) groups is 1. The lowest BCUT2D eigenvalue weighted by atomic mass is 10.1. The van der Waals surface area contributed by atoms with Crippen LogP contribution in [0, 0.1) is 6.92 Å². The van der Waals surface area contributed by atoms with E-state index in [0.717, 1.165) is 16.8 Å². The lowest BCUT2D eigenvalue weighted by Crippen LogP contribution is -2.12. The van der Waals surface area contributed by atoms with E-state index in [4.69, 9.17) is 0 Å². The van der Waals surface area contributed by atoms with Gasteiger partial charge in [-0.3, -0.25) is 4.79 Å². The predicted molar refractivity (Wildman–Crippen MR) is 76.2 cm³/mol. The lowest BCUT2D eigenvalue weighted by molar-refractivity contribution is -0.116. The first-order valence-electron chi connectivity index (χ1n) is 6.28. The first-order valence-corrected chi connectivity index (χ1v) is 6.28. The van der Waals surface area contributed by atoms with Crippen molar-refractivity contribution in [1.82, 2.24) is 0 Å². The van der Waals surface area contributed by atoms with Crippen molar-refractivity contribution >= 4 is 11.6 Å². The summed E-state index contributed by atoms with van der Waals surface area (Å²) in [6.07, 6.45) is 0.885. The number of hydrogen-bond donors (Lipinski definition) is 2. The molecular weight excluding hydrogens is 238 g/mol. The molecule has 0 spiro atoms. The zero-order chi connectivity index (χ0) is 13.7. The Kier molecular flexibility index (Phi) is 4.18. The summed E-state index contributed by atoms with van der Waals surface area (Å²) in [7, 11) is 0. The van der Waals surface area contributed by atoms with E-state index >= 15 is 0 Å². The van der Waals surface area contributed by atoms with Crippen LogP contribution in [0.5, 0.6) is 5.75 Å². The summed E-state index contributed by atoms with van der Waals surface area (Å²) < 4.78 is 0. The van der Waals surface area contributed by atoms with Gasteiger partial charge in [0.15, 0.2) is 0 Å². The molecule has 0 radical (unpaired) electrons. The molecule has 0 aliphatic rings. The normalized spacial score (nSPS) is 10.2. The molecule has 2 aromatic rings. The van der Waals surface area contributed by atoms with Crippen molar-refractivity contribution in [3.63, 3.8) is 0 Å². The molecule has 2 aromatic carbocycles. The van der Waals surface area contributed by atoms with Crippen LogP contribution in [0.4, 0.5) is 5.69 Å². The van der Waals surface area contributed by atoms with Crippen molar-refractivity contribution in [2.75, 3.05) is 5.32 Å². The van der Waals surface area contributed by atoms with Crippen molar-refractivity contribution in [1.29, 1.82) is 0 Å². The van der Waals surface area contributed by atoms with Gasteiger partial charge in [-0.1, -0.05) is 30.3 Å². The molecular formula is C16H17NO2. The highest BCUT2D eigenvalue weighted by atomic mass is 16.3. The largest absolute Gasteiger partial charge is 0.508 e. The summed E-state index contributed by atoms with van der Waals surface area (Å²) in [5.41, 5.74) is 2.71. The summed E-state index contributed by atoms with van der Waals surface area (Å²) in [6, 6.07) is 14.8. The van der Waals surface area contributed by atoms with Gasteiger partial charge in [0.05, 0.1) is 0 Å². The van der Waals surface area contributed by atoms with Crippen molar-refractivity contribution in [2.45, 2.75) is 19.8 Å². The van der Waals surface area contributed by atoms with Crippen molar-refractivity contribution < 1.29 is 9.90 Å². The van der Waals surface area contributed by atoms with Crippen LogP contribution in [0.15, 0.2) is 48.5 Å². The summed E-state index contributed by atoms with van der Waals surface area (Å²) in [5.74, 6) is 0.194. The molecule has 0 bridgehead atoms. The number of aromatic hydroxyl groups is 1. The Morgan fingerprint density at radius 2 is 1.95 bits per heavy atom. The van der Waals surface area contributed by atoms with Gasteiger partial charge < -0.3 is 10.4 Å². The number of rotatable bonds is 4. The molecule has 2 N–H and O–H groups in total. The van der Waals surface area contributed by atoms with Gasteiger partial charge in [-0.15, -0.1) is 0 Å². The molecule has 98 valence electrons. The van der Waals surface area contributed by atoms with E-state index in [2.05, 4.69) is 5.32 Å². The fraction of sp³-hybridized carbons (Fsp3) is 0.188. The Labute approximate surface area is 112 Å². The van der Waals surface area contributed by atoms with Gasteiger partial charge in [-0.25, -0.2) is 0 Å². The summed E-state index contributed by atoms with van der Waals surface area (Å²) in [5, 5.41) is 12.5. The van der Waals surface area contributed by atoms with Crippen molar-refractivity contribution in [3.8, 4) is 5.75 Å². The molecule has 19 heavy (non-hydrogen) atoms. The Hall–Kier alpha value is -2.29. The van der Waals surface area contributed by atoms with E-state index in [1.165, 1.54) is 0 Å². The predicted octanol–water partition coefficient (Wildman–Crippen LogP) is 3.27. The number of benzene rings is 2. The number of aryl methyl sites for hydroxylation is 2. The minimum absolute atomic E-state index is 0.0474. The lowest BCUT2D eigenvalue weighted by Gasteiger charge is -2.07. The van der Waals surface area contributed by atoms with Crippen LogP contribution < -0.4 is 5.32 Å². The number of amides is 1. The van der Waals surface area contributed by atoms with Gasteiger partial charge in [0.2, 0.25) is 5.91 Å². The second-order valence-electron chi connectivity index (χ2n) is 4.55. The molecule has 0 fully saturated rings. The molecule has 0 saturated heterocycles. The number of hydrogen-bond acceptors (Lipinski definition) is 2. The van der Waals surface area contributed by atoms with Crippen LogP contribution in [-0.4, -0.2) is 11.0 Å². The smallest absolute Gasteiger partial charge is 0.224 e. The third-order valence-electron chi connectivity index (χ3n) is 2.91. The first kappa shape index (κ1) is 13.1. The molecule has 3 heteroatoms. The quantitative estimate of drug-likeness (QED) is 0.880. The Morgan fingerprint density at radius 1 is 1.16 bits per heavy atom. The third kappa shape index (κ3) is 3.85. The number of para-hydroxylation sites is 1.